The minimum absolute atomic E-state index is 1.14. The Kier molecular flexibility index (Phi) is 6.87. The van der Waals surface area contributed by atoms with Crippen molar-refractivity contribution in [2.45, 2.75) is 32.5 Å². The van der Waals surface area contributed by atoms with E-state index < -0.39 is 8.07 Å². The molecule has 0 radical (unpaired) electrons. The maximum atomic E-state index is 3.30. The van der Waals surface area contributed by atoms with Crippen molar-refractivity contribution in [3.8, 4) is 11.5 Å². The molecule has 2 heteroatoms. The third-order valence-corrected chi connectivity index (χ3v) is 2.81. The van der Waals surface area contributed by atoms with Gasteiger partial charge in [0.05, 0.1) is 0 Å². The average Bonchev–Trinajstić information content (AvgIpc) is 1.94. The van der Waals surface area contributed by atoms with Crippen LogP contribution in [0.1, 0.15) is 12.8 Å². The molecular formula is C10H17ISi. The Hall–Kier alpha value is 0.247. The van der Waals surface area contributed by atoms with Crippen LogP contribution in [0.2, 0.25) is 19.6 Å². The Labute approximate surface area is 91.0 Å². The van der Waals surface area contributed by atoms with Crippen molar-refractivity contribution in [1.82, 2.24) is 0 Å². The predicted octanol–water partition coefficient (Wildman–Crippen LogP) is 3.64. The molecule has 0 unspecified atom stereocenters. The lowest BCUT2D eigenvalue weighted by Crippen LogP contribution is -2.16. The Balaban J connectivity index is 3.63. The zero-order chi connectivity index (χ0) is 9.45. The Morgan fingerprint density at radius 2 is 2.00 bits per heavy atom. The molecule has 0 saturated heterocycles. The van der Waals surface area contributed by atoms with Gasteiger partial charge in [-0.25, -0.2) is 0 Å². The molecule has 0 aliphatic heterocycles. The topological polar surface area (TPSA) is 0 Å². The van der Waals surface area contributed by atoms with Crippen molar-refractivity contribution in [2.24, 2.45) is 0 Å². The molecule has 0 N–H and O–H groups in total. The summed E-state index contributed by atoms with van der Waals surface area (Å²) in [6.07, 6.45) is 6.62. The fourth-order valence-electron chi connectivity index (χ4n) is 0.595. The van der Waals surface area contributed by atoms with Gasteiger partial charge in [0.1, 0.15) is 8.07 Å². The minimum Gasteiger partial charge on any atom is -0.127 e. The molecule has 0 fully saturated rings. The molecule has 0 spiro atoms. The van der Waals surface area contributed by atoms with Crippen LogP contribution in [0.25, 0.3) is 0 Å². The molecular weight excluding hydrogens is 275 g/mol. The lowest BCUT2D eigenvalue weighted by Gasteiger charge is -2.01. The molecule has 0 rings (SSSR count). The van der Waals surface area contributed by atoms with Gasteiger partial charge in [-0.1, -0.05) is 54.2 Å². The highest BCUT2D eigenvalue weighted by Crippen LogP contribution is 1.97. The van der Waals surface area contributed by atoms with Crippen LogP contribution in [0.3, 0.4) is 0 Å². The lowest BCUT2D eigenvalue weighted by atomic mass is 10.3. The van der Waals surface area contributed by atoms with Crippen molar-refractivity contribution < 1.29 is 0 Å². The molecule has 0 heterocycles. The second kappa shape index (κ2) is 6.73. The van der Waals surface area contributed by atoms with Crippen LogP contribution in [-0.2, 0) is 0 Å². The summed E-state index contributed by atoms with van der Waals surface area (Å²) in [5, 5.41) is 0. The number of allylic oxidation sites excluding steroid dienone is 2. The summed E-state index contributed by atoms with van der Waals surface area (Å²) in [5.74, 6) is 3.11. The van der Waals surface area contributed by atoms with E-state index in [9.17, 15) is 0 Å². The second-order valence-corrected chi connectivity index (χ2v) is 9.58. The van der Waals surface area contributed by atoms with Crippen LogP contribution in [0.15, 0.2) is 12.2 Å². The second-order valence-electron chi connectivity index (χ2n) is 3.75. The van der Waals surface area contributed by atoms with Gasteiger partial charge in [-0.05, 0) is 23.3 Å². The van der Waals surface area contributed by atoms with Crippen molar-refractivity contribution in [2.75, 3.05) is 4.43 Å². The molecule has 68 valence electrons. The summed E-state index contributed by atoms with van der Waals surface area (Å²) in [4.78, 5) is 0. The highest BCUT2D eigenvalue weighted by Gasteiger charge is 2.06. The molecule has 12 heavy (non-hydrogen) atoms. The van der Waals surface area contributed by atoms with Gasteiger partial charge >= 0.3 is 0 Å². The van der Waals surface area contributed by atoms with Crippen molar-refractivity contribution >= 4 is 30.7 Å². The Morgan fingerprint density at radius 3 is 2.50 bits per heavy atom. The molecule has 0 aromatic heterocycles. The largest absolute Gasteiger partial charge is 0.129 e. The standard InChI is InChI=1S/C10H17ISi/c1-12(2,3)10-8-6-4-5-7-9-11/h4,6H,5,7,9H2,1-3H3/b6-4+. The summed E-state index contributed by atoms with van der Waals surface area (Å²) >= 11 is 2.40. The van der Waals surface area contributed by atoms with Crippen LogP contribution in [0.5, 0.6) is 0 Å². The number of alkyl halides is 1. The predicted molar refractivity (Wildman–Crippen MR) is 68.4 cm³/mol. The fraction of sp³-hybridized carbons (Fsp3) is 0.600. The van der Waals surface area contributed by atoms with E-state index in [0.717, 1.165) is 0 Å². The summed E-state index contributed by atoms with van der Waals surface area (Å²) in [6.45, 7) is 6.79. The molecule has 0 aromatic carbocycles. The molecule has 0 aromatic rings. The van der Waals surface area contributed by atoms with E-state index in [1.54, 1.807) is 0 Å². The summed E-state index contributed by atoms with van der Waals surface area (Å²) in [7, 11) is -1.14. The molecule has 0 aliphatic carbocycles. The van der Waals surface area contributed by atoms with E-state index in [0.29, 0.717) is 0 Å². The Bertz CT molecular complexity index is 190. The number of rotatable bonds is 3. The smallest absolute Gasteiger partial charge is 0.127 e. The zero-order valence-corrected chi connectivity index (χ0v) is 11.3. The molecule has 0 saturated carbocycles. The van der Waals surface area contributed by atoms with Crippen LogP contribution in [-0.4, -0.2) is 12.5 Å². The van der Waals surface area contributed by atoms with E-state index >= 15 is 0 Å². The highest BCUT2D eigenvalue weighted by atomic mass is 127. The van der Waals surface area contributed by atoms with Gasteiger partial charge in [-0.3, -0.25) is 0 Å². The van der Waals surface area contributed by atoms with Crippen LogP contribution in [0, 0.1) is 11.5 Å². The molecule has 0 atom stereocenters. The summed E-state index contributed by atoms with van der Waals surface area (Å²) < 4.78 is 1.24. The van der Waals surface area contributed by atoms with Crippen LogP contribution in [0.4, 0.5) is 0 Å². The van der Waals surface area contributed by atoms with Gasteiger partial charge in [0, 0.05) is 0 Å². The van der Waals surface area contributed by atoms with Gasteiger partial charge < -0.3 is 0 Å². The van der Waals surface area contributed by atoms with Gasteiger partial charge in [-0.15, -0.1) is 5.54 Å². The summed E-state index contributed by atoms with van der Waals surface area (Å²) in [6, 6.07) is 0. The van der Waals surface area contributed by atoms with E-state index in [2.05, 4.69) is 59.8 Å². The first-order valence-electron chi connectivity index (χ1n) is 4.30. The highest BCUT2D eigenvalue weighted by molar-refractivity contribution is 14.1. The third-order valence-electron chi connectivity index (χ3n) is 1.15. The minimum atomic E-state index is -1.14. The summed E-state index contributed by atoms with van der Waals surface area (Å²) in [5.41, 5.74) is 3.30. The zero-order valence-electron chi connectivity index (χ0n) is 8.15. The van der Waals surface area contributed by atoms with Crippen molar-refractivity contribution in [1.29, 1.82) is 0 Å². The van der Waals surface area contributed by atoms with E-state index in [1.165, 1.54) is 17.3 Å². The monoisotopic (exact) mass is 292 g/mol. The van der Waals surface area contributed by atoms with Crippen LogP contribution >= 0.6 is 22.6 Å². The maximum Gasteiger partial charge on any atom is 0.129 e. The normalized spacial score (nSPS) is 11.3. The third kappa shape index (κ3) is 10.2. The lowest BCUT2D eigenvalue weighted by molar-refractivity contribution is 0.987. The Morgan fingerprint density at radius 1 is 1.33 bits per heavy atom. The van der Waals surface area contributed by atoms with Gasteiger partial charge in [0.25, 0.3) is 0 Å². The first kappa shape index (κ1) is 12.2. The first-order valence-corrected chi connectivity index (χ1v) is 9.32. The van der Waals surface area contributed by atoms with Gasteiger partial charge in [-0.2, -0.15) is 0 Å². The molecule has 0 bridgehead atoms. The number of halogens is 1. The maximum absolute atomic E-state index is 3.30. The van der Waals surface area contributed by atoms with E-state index in [-0.39, 0.29) is 0 Å². The van der Waals surface area contributed by atoms with Crippen molar-refractivity contribution in [3.05, 3.63) is 12.2 Å². The van der Waals surface area contributed by atoms with Gasteiger partial charge in [0.2, 0.25) is 0 Å². The number of hydrogen-bond donors (Lipinski definition) is 0. The van der Waals surface area contributed by atoms with Crippen molar-refractivity contribution in [3.63, 3.8) is 0 Å². The molecule has 0 aliphatic rings. The SMILES string of the molecule is C[Si](C)(C)C#C/C=C/CCCI. The van der Waals surface area contributed by atoms with Crippen LogP contribution < -0.4 is 0 Å². The fourth-order valence-corrected chi connectivity index (χ4v) is 1.55. The van der Waals surface area contributed by atoms with Gasteiger partial charge in [0.15, 0.2) is 0 Å². The average molecular weight is 292 g/mol. The quantitative estimate of drug-likeness (QED) is 0.245. The van der Waals surface area contributed by atoms with E-state index in [1.807, 2.05) is 6.08 Å². The van der Waals surface area contributed by atoms with E-state index in [4.69, 9.17) is 0 Å². The molecule has 0 amide bonds. The number of hydrogen-bond acceptors (Lipinski definition) is 0. The molecule has 0 nitrogen and oxygen atoms in total. The first-order chi connectivity index (χ1) is 5.56. The number of unbranched alkanes of at least 4 members (excludes halogenated alkanes) is 1.